The molecule has 0 aliphatic carbocycles. The molecule has 0 radical (unpaired) electrons. The van der Waals surface area contributed by atoms with Crippen molar-refractivity contribution in [3.63, 3.8) is 0 Å². The van der Waals surface area contributed by atoms with Gasteiger partial charge < -0.3 is 14.2 Å². The number of carbonyl (C=O) groups is 1. The molecule has 1 aromatic heterocycles. The van der Waals surface area contributed by atoms with Crippen molar-refractivity contribution in [3.8, 4) is 0 Å². The second kappa shape index (κ2) is 8.50. The van der Waals surface area contributed by atoms with Crippen molar-refractivity contribution in [1.29, 1.82) is 0 Å². The molecule has 7 nitrogen and oxygen atoms in total. The molecule has 26 heavy (non-hydrogen) atoms. The highest BCUT2D eigenvalue weighted by atomic mass is 16.5. The summed E-state index contributed by atoms with van der Waals surface area (Å²) < 4.78 is 7.39. The first kappa shape index (κ1) is 19.3. The lowest BCUT2D eigenvalue weighted by atomic mass is 9.86. The molecule has 2 saturated heterocycles. The second-order valence-electron chi connectivity index (χ2n) is 7.65. The summed E-state index contributed by atoms with van der Waals surface area (Å²) in [6.07, 6.45) is 6.54. The van der Waals surface area contributed by atoms with Crippen LogP contribution in [0.1, 0.15) is 31.9 Å². The fourth-order valence-electron chi connectivity index (χ4n) is 4.34. The molecule has 0 N–H and O–H groups in total. The summed E-state index contributed by atoms with van der Waals surface area (Å²) in [5.74, 6) is 0.313. The molecule has 7 heteroatoms. The van der Waals surface area contributed by atoms with E-state index in [-0.39, 0.29) is 5.54 Å². The molecule has 0 aromatic carbocycles. The molecule has 1 amide bonds. The number of amides is 1. The third-order valence-corrected chi connectivity index (χ3v) is 6.19. The Labute approximate surface area is 156 Å². The molecule has 0 bridgehead atoms. The molecule has 0 saturated carbocycles. The number of hydrogen-bond donors (Lipinski definition) is 0. The average Bonchev–Trinajstić information content (AvgIpc) is 3.01. The van der Waals surface area contributed by atoms with Crippen LogP contribution in [-0.2, 0) is 22.6 Å². The smallest absolute Gasteiger partial charge is 0.222 e. The zero-order valence-electron chi connectivity index (χ0n) is 16.5. The molecule has 1 spiro atoms. The Morgan fingerprint density at radius 3 is 2.88 bits per heavy atom. The molecule has 3 heterocycles. The summed E-state index contributed by atoms with van der Waals surface area (Å²) in [5.41, 5.74) is 1.34. The van der Waals surface area contributed by atoms with Crippen molar-refractivity contribution in [2.24, 2.45) is 0 Å². The van der Waals surface area contributed by atoms with Gasteiger partial charge in [0.1, 0.15) is 0 Å². The van der Waals surface area contributed by atoms with Crippen LogP contribution in [0.15, 0.2) is 12.5 Å². The van der Waals surface area contributed by atoms with E-state index in [1.807, 2.05) is 17.4 Å². The molecule has 1 aromatic rings. The fourth-order valence-corrected chi connectivity index (χ4v) is 4.34. The Morgan fingerprint density at radius 1 is 1.27 bits per heavy atom. The Morgan fingerprint density at radius 2 is 2.12 bits per heavy atom. The minimum Gasteiger partial charge on any atom is -0.383 e. The predicted octanol–water partition coefficient (Wildman–Crippen LogP) is 1.05. The van der Waals surface area contributed by atoms with Crippen molar-refractivity contribution >= 4 is 5.91 Å². The summed E-state index contributed by atoms with van der Waals surface area (Å²) >= 11 is 0. The predicted molar refractivity (Wildman–Crippen MR) is 101 cm³/mol. The maximum Gasteiger partial charge on any atom is 0.222 e. The van der Waals surface area contributed by atoms with Gasteiger partial charge in [0.2, 0.25) is 5.91 Å². The highest BCUT2D eigenvalue weighted by Crippen LogP contribution is 2.32. The second-order valence-corrected chi connectivity index (χ2v) is 7.65. The number of rotatable bonds is 6. The van der Waals surface area contributed by atoms with E-state index in [0.717, 1.165) is 58.7 Å². The van der Waals surface area contributed by atoms with Gasteiger partial charge in [-0.05, 0) is 26.8 Å². The monoisotopic (exact) mass is 363 g/mol. The number of imidazole rings is 1. The van der Waals surface area contributed by atoms with Gasteiger partial charge in [-0.2, -0.15) is 0 Å². The number of likely N-dealkylation sites (N-methyl/N-ethyl adjacent to an activating group) is 1. The van der Waals surface area contributed by atoms with E-state index in [1.165, 1.54) is 5.69 Å². The summed E-state index contributed by atoms with van der Waals surface area (Å²) in [6, 6.07) is 0. The topological polar surface area (TPSA) is 53.8 Å². The van der Waals surface area contributed by atoms with Gasteiger partial charge in [0.15, 0.2) is 0 Å². The van der Waals surface area contributed by atoms with Crippen molar-refractivity contribution in [1.82, 2.24) is 24.3 Å². The van der Waals surface area contributed by atoms with Crippen LogP contribution in [-0.4, -0.2) is 89.2 Å². The minimum atomic E-state index is 0.106. The third kappa shape index (κ3) is 4.10. The van der Waals surface area contributed by atoms with Crippen LogP contribution in [0.5, 0.6) is 0 Å². The van der Waals surface area contributed by atoms with Crippen LogP contribution in [0.25, 0.3) is 0 Å². The maximum absolute atomic E-state index is 12.3. The number of carbonyl (C=O) groups excluding carboxylic acids is 1. The lowest BCUT2D eigenvalue weighted by molar-refractivity contribution is -0.130. The highest BCUT2D eigenvalue weighted by Gasteiger charge is 2.42. The van der Waals surface area contributed by atoms with Crippen LogP contribution in [0.3, 0.4) is 0 Å². The van der Waals surface area contributed by atoms with Crippen molar-refractivity contribution in [2.75, 3.05) is 53.5 Å². The zero-order chi connectivity index (χ0) is 18.6. The van der Waals surface area contributed by atoms with Gasteiger partial charge in [0.25, 0.3) is 0 Å². The fraction of sp³-hybridized carbons (Fsp3) is 0.789. The number of ether oxygens (including phenoxy) is 1. The number of aromatic nitrogens is 2. The van der Waals surface area contributed by atoms with E-state index >= 15 is 0 Å². The Bertz CT molecular complexity index is 605. The van der Waals surface area contributed by atoms with Crippen molar-refractivity contribution < 1.29 is 9.53 Å². The van der Waals surface area contributed by atoms with Gasteiger partial charge in [-0.1, -0.05) is 0 Å². The van der Waals surface area contributed by atoms with Crippen LogP contribution >= 0.6 is 0 Å². The average molecular weight is 364 g/mol. The van der Waals surface area contributed by atoms with Gasteiger partial charge in [0.05, 0.1) is 18.6 Å². The van der Waals surface area contributed by atoms with Gasteiger partial charge >= 0.3 is 0 Å². The Balaban J connectivity index is 1.68. The molecular formula is C19H33N5O2. The highest BCUT2D eigenvalue weighted by molar-refractivity contribution is 5.76. The summed E-state index contributed by atoms with van der Waals surface area (Å²) in [5, 5.41) is 0. The SMILES string of the molecule is CCN1CC[C@@]2(CCC1=O)CN(Cc1cncn1CCOC)CCN2C. The van der Waals surface area contributed by atoms with Gasteiger partial charge in [-0.3, -0.25) is 14.6 Å². The van der Waals surface area contributed by atoms with Crippen molar-refractivity contribution in [2.45, 2.75) is 44.8 Å². The Kier molecular flexibility index (Phi) is 6.32. The van der Waals surface area contributed by atoms with E-state index in [0.29, 0.717) is 18.9 Å². The third-order valence-electron chi connectivity index (χ3n) is 6.19. The molecule has 1 atom stereocenters. The number of methoxy groups -OCH3 is 1. The lowest BCUT2D eigenvalue weighted by Gasteiger charge is -2.49. The summed E-state index contributed by atoms with van der Waals surface area (Å²) in [6.45, 7) is 9.34. The molecule has 2 aliphatic rings. The maximum atomic E-state index is 12.3. The summed E-state index contributed by atoms with van der Waals surface area (Å²) in [4.78, 5) is 23.7. The molecule has 2 fully saturated rings. The van der Waals surface area contributed by atoms with Crippen LogP contribution in [0, 0.1) is 0 Å². The molecule has 3 rings (SSSR count). The van der Waals surface area contributed by atoms with E-state index in [9.17, 15) is 4.79 Å². The van der Waals surface area contributed by atoms with Gasteiger partial charge in [-0.15, -0.1) is 0 Å². The minimum absolute atomic E-state index is 0.106. The quantitative estimate of drug-likeness (QED) is 0.756. The number of piperazine rings is 1. The van der Waals surface area contributed by atoms with E-state index in [1.54, 1.807) is 7.11 Å². The largest absolute Gasteiger partial charge is 0.383 e. The van der Waals surface area contributed by atoms with Crippen LogP contribution in [0.2, 0.25) is 0 Å². The number of likely N-dealkylation sites (tertiary alicyclic amines) is 1. The first-order valence-electron chi connectivity index (χ1n) is 9.77. The van der Waals surface area contributed by atoms with Gasteiger partial charge in [0, 0.05) is 71.1 Å². The zero-order valence-corrected chi connectivity index (χ0v) is 16.5. The Hall–Kier alpha value is -1.44. The lowest BCUT2D eigenvalue weighted by Crippen LogP contribution is -2.60. The number of nitrogens with zero attached hydrogens (tertiary/aromatic N) is 5. The molecule has 2 aliphatic heterocycles. The standard InChI is InChI=1S/C19H33N5O2/c1-4-23-8-7-19(6-5-18(23)25)15-22(10-9-21(19)2)14-17-13-20-16-24(17)11-12-26-3/h13,16H,4-12,14-15H2,1-3H3/t19-/m0/s1. The summed E-state index contributed by atoms with van der Waals surface area (Å²) in [7, 11) is 3.96. The number of hydrogen-bond acceptors (Lipinski definition) is 5. The van der Waals surface area contributed by atoms with E-state index < -0.39 is 0 Å². The van der Waals surface area contributed by atoms with E-state index in [2.05, 4.69) is 33.3 Å². The van der Waals surface area contributed by atoms with E-state index in [4.69, 9.17) is 4.74 Å². The molecule has 0 unspecified atom stereocenters. The molecular weight excluding hydrogens is 330 g/mol. The molecule has 146 valence electrons. The van der Waals surface area contributed by atoms with Gasteiger partial charge in [-0.25, -0.2) is 4.98 Å². The first-order valence-corrected chi connectivity index (χ1v) is 9.77. The van der Waals surface area contributed by atoms with Crippen LogP contribution in [0.4, 0.5) is 0 Å². The first-order chi connectivity index (χ1) is 12.6. The van der Waals surface area contributed by atoms with Crippen molar-refractivity contribution in [3.05, 3.63) is 18.2 Å². The van der Waals surface area contributed by atoms with Crippen LogP contribution < -0.4 is 0 Å². The normalized spacial score (nSPS) is 25.8.